The molecule has 3 aromatic carbocycles. The van der Waals surface area contributed by atoms with Crippen LogP contribution in [0.3, 0.4) is 0 Å². The Balaban J connectivity index is 1.50. The zero-order valence-electron chi connectivity index (χ0n) is 24.3. The molecule has 7 heteroatoms. The molecule has 0 radical (unpaired) electrons. The molecular formula is C34H37FN4O2. The molecule has 6 nitrogen and oxygen atoms in total. The van der Waals surface area contributed by atoms with E-state index in [1.165, 1.54) is 17.7 Å². The number of fused-ring (bicyclic) bond motifs is 1. The van der Waals surface area contributed by atoms with Gasteiger partial charge < -0.3 is 9.84 Å². The largest absolute Gasteiger partial charge is 0.487 e. The van der Waals surface area contributed by atoms with Crippen molar-refractivity contribution in [2.24, 2.45) is 5.41 Å². The Kier molecular flexibility index (Phi) is 7.91. The summed E-state index contributed by atoms with van der Waals surface area (Å²) in [7, 11) is 0. The molecule has 0 fully saturated rings. The number of halogens is 1. The second kappa shape index (κ2) is 11.4. The van der Waals surface area contributed by atoms with Gasteiger partial charge in [0, 0.05) is 16.9 Å². The molecule has 2 aromatic heterocycles. The number of benzene rings is 3. The number of rotatable bonds is 9. The summed E-state index contributed by atoms with van der Waals surface area (Å²) >= 11 is 0. The molecule has 41 heavy (non-hydrogen) atoms. The average Bonchev–Trinajstić information content (AvgIpc) is 3.39. The predicted octanol–water partition coefficient (Wildman–Crippen LogP) is 7.55. The molecule has 0 spiro atoms. The number of hydrogen-bond acceptors (Lipinski definition) is 5. The molecule has 1 atom stereocenters. The van der Waals surface area contributed by atoms with E-state index in [1.807, 2.05) is 30.3 Å². The van der Waals surface area contributed by atoms with Crippen molar-refractivity contribution in [3.63, 3.8) is 0 Å². The summed E-state index contributed by atoms with van der Waals surface area (Å²) in [5.74, 6) is 0.502. The SMILES string of the molecule is CC(C)(O)CCn1ncc(-c2ccc(OCc3ccc4cc(F)ccc4n3)cc2C(c2ccccc2)C(C)(C)C)n1. The van der Waals surface area contributed by atoms with E-state index in [9.17, 15) is 9.50 Å². The summed E-state index contributed by atoms with van der Waals surface area (Å²) in [5, 5.41) is 20.2. The highest BCUT2D eigenvalue weighted by molar-refractivity contribution is 5.78. The van der Waals surface area contributed by atoms with Gasteiger partial charge >= 0.3 is 0 Å². The first kappa shape index (κ1) is 28.4. The maximum Gasteiger partial charge on any atom is 0.130 e. The molecule has 0 aliphatic carbocycles. The molecule has 5 aromatic rings. The van der Waals surface area contributed by atoms with E-state index in [0.29, 0.717) is 13.0 Å². The van der Waals surface area contributed by atoms with Crippen molar-refractivity contribution < 1.29 is 14.2 Å². The highest BCUT2D eigenvalue weighted by Crippen LogP contribution is 2.45. The third-order valence-electron chi connectivity index (χ3n) is 7.16. The van der Waals surface area contributed by atoms with E-state index in [2.05, 4.69) is 61.2 Å². The molecule has 2 heterocycles. The Hall–Kier alpha value is -4.10. The Morgan fingerprint density at radius 2 is 1.71 bits per heavy atom. The number of aromatic nitrogens is 4. The van der Waals surface area contributed by atoms with Crippen molar-refractivity contribution >= 4 is 10.9 Å². The van der Waals surface area contributed by atoms with Crippen LogP contribution in [-0.2, 0) is 13.2 Å². The molecule has 0 saturated heterocycles. The summed E-state index contributed by atoms with van der Waals surface area (Å²) in [6.07, 6.45) is 2.34. The first-order valence-corrected chi connectivity index (χ1v) is 14.0. The smallest absolute Gasteiger partial charge is 0.130 e. The lowest BCUT2D eigenvalue weighted by Gasteiger charge is -2.33. The minimum atomic E-state index is -0.793. The zero-order chi connectivity index (χ0) is 29.2. The zero-order valence-corrected chi connectivity index (χ0v) is 24.3. The highest BCUT2D eigenvalue weighted by atomic mass is 19.1. The summed E-state index contributed by atoms with van der Waals surface area (Å²) in [6.45, 7) is 11.1. The van der Waals surface area contributed by atoms with Gasteiger partial charge in [-0.15, -0.1) is 0 Å². The number of nitrogens with zero attached hydrogens (tertiary/aromatic N) is 4. The average molecular weight is 553 g/mol. The minimum Gasteiger partial charge on any atom is -0.487 e. The summed E-state index contributed by atoms with van der Waals surface area (Å²) in [5.41, 5.74) is 4.65. The fraction of sp³-hybridized carbons (Fsp3) is 0.324. The Bertz CT molecular complexity index is 1630. The first-order chi connectivity index (χ1) is 19.5. The van der Waals surface area contributed by atoms with Gasteiger partial charge in [0.2, 0.25) is 0 Å². The Morgan fingerprint density at radius 1 is 0.927 bits per heavy atom. The number of ether oxygens (including phenoxy) is 1. The molecule has 0 saturated carbocycles. The molecule has 1 unspecified atom stereocenters. The van der Waals surface area contributed by atoms with Crippen LogP contribution in [0.2, 0.25) is 0 Å². The van der Waals surface area contributed by atoms with Gasteiger partial charge in [-0.05, 0) is 79.3 Å². The number of hydrogen-bond donors (Lipinski definition) is 1. The van der Waals surface area contributed by atoms with Gasteiger partial charge in [-0.2, -0.15) is 15.0 Å². The van der Waals surface area contributed by atoms with Crippen LogP contribution < -0.4 is 4.74 Å². The molecular weight excluding hydrogens is 515 g/mol. The first-order valence-electron chi connectivity index (χ1n) is 14.0. The standard InChI is InChI=1S/C34H37FN4O2/c1-33(2,3)32(23-9-7-6-8-10-23)29-20-27(41-22-26-13-11-24-19-25(35)12-16-30(24)37-26)14-15-28(29)31-21-36-39(38-31)18-17-34(4,5)40/h6-16,19-21,32,40H,17-18,22H2,1-5H3. The van der Waals surface area contributed by atoms with E-state index in [0.717, 1.165) is 39.2 Å². The second-order valence-electron chi connectivity index (χ2n) is 12.3. The third-order valence-corrected chi connectivity index (χ3v) is 7.16. The van der Waals surface area contributed by atoms with Gasteiger partial charge in [-0.1, -0.05) is 57.2 Å². The monoisotopic (exact) mass is 552 g/mol. The lowest BCUT2D eigenvalue weighted by atomic mass is 9.71. The number of aryl methyl sites for hydroxylation is 1. The van der Waals surface area contributed by atoms with Crippen LogP contribution >= 0.6 is 0 Å². The Morgan fingerprint density at radius 3 is 2.44 bits per heavy atom. The molecule has 212 valence electrons. The number of aliphatic hydroxyl groups is 1. The van der Waals surface area contributed by atoms with Gasteiger partial charge in [-0.3, -0.25) is 0 Å². The van der Waals surface area contributed by atoms with E-state index in [4.69, 9.17) is 9.84 Å². The molecule has 0 aliphatic heterocycles. The van der Waals surface area contributed by atoms with Crippen molar-refractivity contribution in [1.29, 1.82) is 0 Å². The van der Waals surface area contributed by atoms with Crippen LogP contribution in [-0.4, -0.2) is 30.7 Å². The molecule has 0 bridgehead atoms. The van der Waals surface area contributed by atoms with Crippen molar-refractivity contribution in [2.75, 3.05) is 0 Å². The molecule has 0 amide bonds. The lowest BCUT2D eigenvalue weighted by Crippen LogP contribution is -2.22. The highest BCUT2D eigenvalue weighted by Gasteiger charge is 2.31. The maximum absolute atomic E-state index is 13.6. The molecule has 5 rings (SSSR count). The van der Waals surface area contributed by atoms with Crippen LogP contribution in [0.5, 0.6) is 5.75 Å². The second-order valence-corrected chi connectivity index (χ2v) is 12.3. The maximum atomic E-state index is 13.6. The van der Waals surface area contributed by atoms with E-state index in [1.54, 1.807) is 30.9 Å². The van der Waals surface area contributed by atoms with Crippen LogP contribution in [0, 0.1) is 11.2 Å². The van der Waals surface area contributed by atoms with Crippen LogP contribution in [0.4, 0.5) is 4.39 Å². The van der Waals surface area contributed by atoms with Gasteiger partial charge in [0.15, 0.2) is 0 Å². The van der Waals surface area contributed by atoms with Crippen molar-refractivity contribution in [3.8, 4) is 17.0 Å². The molecule has 1 N–H and O–H groups in total. The van der Waals surface area contributed by atoms with Crippen LogP contribution in [0.25, 0.3) is 22.2 Å². The third kappa shape index (κ3) is 6.98. The van der Waals surface area contributed by atoms with Crippen molar-refractivity contribution in [3.05, 3.63) is 108 Å². The lowest BCUT2D eigenvalue weighted by molar-refractivity contribution is 0.0637. The van der Waals surface area contributed by atoms with E-state index in [-0.39, 0.29) is 23.8 Å². The predicted molar refractivity (Wildman–Crippen MR) is 160 cm³/mol. The topological polar surface area (TPSA) is 73.1 Å². The fourth-order valence-corrected chi connectivity index (χ4v) is 5.17. The van der Waals surface area contributed by atoms with Crippen LogP contribution in [0.15, 0.2) is 85.1 Å². The van der Waals surface area contributed by atoms with Gasteiger partial charge in [0.05, 0.1) is 29.6 Å². The van der Waals surface area contributed by atoms with Gasteiger partial charge in [0.25, 0.3) is 0 Å². The number of pyridine rings is 1. The van der Waals surface area contributed by atoms with E-state index < -0.39 is 5.60 Å². The molecule has 0 aliphatic rings. The van der Waals surface area contributed by atoms with Gasteiger partial charge in [0.1, 0.15) is 23.9 Å². The van der Waals surface area contributed by atoms with Crippen molar-refractivity contribution in [2.45, 2.75) is 65.7 Å². The summed E-state index contributed by atoms with van der Waals surface area (Å²) in [6, 6.07) is 24.9. The minimum absolute atomic E-state index is 0.0532. The fourth-order valence-electron chi connectivity index (χ4n) is 5.17. The summed E-state index contributed by atoms with van der Waals surface area (Å²) < 4.78 is 19.9. The Labute approximate surface area is 240 Å². The van der Waals surface area contributed by atoms with Crippen molar-refractivity contribution in [1.82, 2.24) is 20.0 Å². The quantitative estimate of drug-likeness (QED) is 0.204. The summed E-state index contributed by atoms with van der Waals surface area (Å²) in [4.78, 5) is 6.29. The van der Waals surface area contributed by atoms with E-state index >= 15 is 0 Å². The van der Waals surface area contributed by atoms with Gasteiger partial charge in [-0.25, -0.2) is 9.37 Å². The normalized spacial score (nSPS) is 13.0. The van der Waals surface area contributed by atoms with Crippen LogP contribution in [0.1, 0.15) is 63.8 Å².